The molecule has 1 nitrogen and oxygen atoms in total. The number of benzene rings is 8. The Labute approximate surface area is 325 Å². The van der Waals surface area contributed by atoms with Gasteiger partial charge in [-0.1, -0.05) is 179 Å². The van der Waals surface area contributed by atoms with Gasteiger partial charge in [-0.25, -0.2) is 0 Å². The van der Waals surface area contributed by atoms with Crippen LogP contribution in [0.2, 0.25) is 0 Å². The molecule has 0 aromatic heterocycles. The molecule has 0 saturated carbocycles. The van der Waals surface area contributed by atoms with Gasteiger partial charge in [0.15, 0.2) is 0 Å². The van der Waals surface area contributed by atoms with Crippen LogP contribution in [0.15, 0.2) is 188 Å². The lowest BCUT2D eigenvalue weighted by Crippen LogP contribution is -2.19. The molecule has 0 bridgehead atoms. The first kappa shape index (κ1) is 33.2. The van der Waals surface area contributed by atoms with Gasteiger partial charge in [-0.15, -0.1) is 0 Å². The van der Waals surface area contributed by atoms with E-state index < -0.39 is 0 Å². The van der Waals surface area contributed by atoms with E-state index in [2.05, 4.69) is 221 Å². The molecule has 0 unspecified atom stereocenters. The Kier molecular flexibility index (Phi) is 7.58. The number of hydrogen-bond donors (Lipinski definition) is 0. The Hall–Kier alpha value is -6.44. The quantitative estimate of drug-likeness (QED) is 0.166. The van der Waals surface area contributed by atoms with Gasteiger partial charge in [-0.05, 0) is 114 Å². The van der Waals surface area contributed by atoms with Gasteiger partial charge in [0, 0.05) is 27.9 Å². The monoisotopic (exact) mass is 705 g/mol. The highest BCUT2D eigenvalue weighted by Gasteiger charge is 2.44. The minimum absolute atomic E-state index is 0.104. The van der Waals surface area contributed by atoms with E-state index in [1.807, 2.05) is 0 Å². The molecule has 264 valence electrons. The molecule has 1 heteroatoms. The van der Waals surface area contributed by atoms with E-state index in [9.17, 15) is 0 Å². The van der Waals surface area contributed by atoms with Gasteiger partial charge in [0.25, 0.3) is 0 Å². The first-order chi connectivity index (χ1) is 26.8. The van der Waals surface area contributed by atoms with Crippen molar-refractivity contribution in [2.75, 3.05) is 4.90 Å². The van der Waals surface area contributed by atoms with Crippen molar-refractivity contribution < 1.29 is 0 Å². The van der Waals surface area contributed by atoms with E-state index in [1.165, 1.54) is 77.9 Å². The zero-order valence-electron chi connectivity index (χ0n) is 31.8. The van der Waals surface area contributed by atoms with Crippen molar-refractivity contribution in [3.05, 3.63) is 210 Å². The molecular formula is C54H43N. The fourth-order valence-corrected chi connectivity index (χ4v) is 9.42. The highest BCUT2D eigenvalue weighted by molar-refractivity contribution is 6.04. The van der Waals surface area contributed by atoms with E-state index in [0.717, 1.165) is 17.1 Å². The Balaban J connectivity index is 1.21. The van der Waals surface area contributed by atoms with Crippen molar-refractivity contribution in [3.63, 3.8) is 0 Å². The summed E-state index contributed by atoms with van der Waals surface area (Å²) in [6.45, 7) is 9.63. The molecule has 0 aliphatic heterocycles. The topological polar surface area (TPSA) is 3.24 Å². The Morgan fingerprint density at radius 2 is 0.764 bits per heavy atom. The zero-order chi connectivity index (χ0) is 37.3. The summed E-state index contributed by atoms with van der Waals surface area (Å²) in [5.41, 5.74) is 21.5. The molecule has 2 aliphatic rings. The van der Waals surface area contributed by atoms with Crippen LogP contribution in [0.1, 0.15) is 49.9 Å². The molecule has 0 atom stereocenters. The SMILES string of the molecule is CC1(C)c2ccccc2-c2c1cc1c(c2-c2ccccc2)-c2cc(N(c3ccc(-c4ccccc4)cc3)c3cccc(-c4ccccc4)c3)ccc2C1(C)C. The molecule has 0 spiro atoms. The van der Waals surface area contributed by atoms with Crippen LogP contribution in [-0.2, 0) is 10.8 Å². The van der Waals surface area contributed by atoms with Crippen molar-refractivity contribution >= 4 is 17.1 Å². The van der Waals surface area contributed by atoms with Crippen LogP contribution in [0.25, 0.3) is 55.6 Å². The molecule has 2 aliphatic carbocycles. The van der Waals surface area contributed by atoms with Gasteiger partial charge in [-0.3, -0.25) is 0 Å². The van der Waals surface area contributed by atoms with Crippen LogP contribution in [0.5, 0.6) is 0 Å². The summed E-state index contributed by atoms with van der Waals surface area (Å²) in [6.07, 6.45) is 0. The van der Waals surface area contributed by atoms with Gasteiger partial charge in [0.1, 0.15) is 0 Å². The molecule has 0 fully saturated rings. The smallest absolute Gasteiger partial charge is 0.0468 e. The molecule has 55 heavy (non-hydrogen) atoms. The average Bonchev–Trinajstić information content (AvgIpc) is 3.60. The summed E-state index contributed by atoms with van der Waals surface area (Å²) < 4.78 is 0. The first-order valence-corrected chi connectivity index (χ1v) is 19.4. The third kappa shape index (κ3) is 5.22. The minimum atomic E-state index is -0.179. The summed E-state index contributed by atoms with van der Waals surface area (Å²) in [5.74, 6) is 0. The van der Waals surface area contributed by atoms with Gasteiger partial charge in [0.05, 0.1) is 0 Å². The predicted octanol–water partition coefficient (Wildman–Crippen LogP) is 14.8. The normalized spacial score (nSPS) is 14.1. The number of anilines is 3. The van der Waals surface area contributed by atoms with Crippen LogP contribution >= 0.6 is 0 Å². The number of fused-ring (bicyclic) bond motifs is 6. The molecule has 0 saturated heterocycles. The number of nitrogens with zero attached hydrogens (tertiary/aromatic N) is 1. The second-order valence-corrected chi connectivity index (χ2v) is 16.2. The fraction of sp³-hybridized carbons (Fsp3) is 0.111. The van der Waals surface area contributed by atoms with Gasteiger partial charge in [0.2, 0.25) is 0 Å². The maximum atomic E-state index is 2.56. The van der Waals surface area contributed by atoms with Crippen LogP contribution in [0.3, 0.4) is 0 Å². The van der Waals surface area contributed by atoms with E-state index in [4.69, 9.17) is 0 Å². The summed E-state index contributed by atoms with van der Waals surface area (Å²) in [5, 5.41) is 0. The highest BCUT2D eigenvalue weighted by Crippen LogP contribution is 2.61. The maximum Gasteiger partial charge on any atom is 0.0468 e. The fourth-order valence-electron chi connectivity index (χ4n) is 9.42. The molecule has 8 aromatic rings. The summed E-state index contributed by atoms with van der Waals surface area (Å²) in [4.78, 5) is 2.43. The molecule has 0 heterocycles. The van der Waals surface area contributed by atoms with E-state index in [1.54, 1.807) is 0 Å². The van der Waals surface area contributed by atoms with Gasteiger partial charge in [-0.2, -0.15) is 0 Å². The van der Waals surface area contributed by atoms with E-state index >= 15 is 0 Å². The van der Waals surface area contributed by atoms with Crippen LogP contribution < -0.4 is 4.90 Å². The molecule has 8 aromatic carbocycles. The second-order valence-electron chi connectivity index (χ2n) is 16.2. The second kappa shape index (κ2) is 12.6. The molecule has 10 rings (SSSR count). The van der Waals surface area contributed by atoms with Gasteiger partial charge >= 0.3 is 0 Å². The summed E-state index contributed by atoms with van der Waals surface area (Å²) in [7, 11) is 0. The number of hydrogen-bond acceptors (Lipinski definition) is 1. The lowest BCUT2D eigenvalue weighted by Gasteiger charge is -2.28. The van der Waals surface area contributed by atoms with E-state index in [0.29, 0.717) is 0 Å². The van der Waals surface area contributed by atoms with Crippen molar-refractivity contribution in [2.45, 2.75) is 38.5 Å². The number of rotatable bonds is 6. The minimum Gasteiger partial charge on any atom is -0.310 e. The van der Waals surface area contributed by atoms with E-state index in [-0.39, 0.29) is 10.8 Å². The highest BCUT2D eigenvalue weighted by atomic mass is 15.1. The van der Waals surface area contributed by atoms with Crippen molar-refractivity contribution in [2.24, 2.45) is 0 Å². The van der Waals surface area contributed by atoms with Crippen molar-refractivity contribution in [1.82, 2.24) is 0 Å². The Bertz CT molecular complexity index is 2720. The lowest BCUT2D eigenvalue weighted by atomic mass is 9.76. The van der Waals surface area contributed by atoms with Gasteiger partial charge < -0.3 is 4.90 Å². The summed E-state index contributed by atoms with van der Waals surface area (Å²) in [6, 6.07) is 69.2. The maximum absolute atomic E-state index is 2.56. The van der Waals surface area contributed by atoms with Crippen LogP contribution in [-0.4, -0.2) is 0 Å². The first-order valence-electron chi connectivity index (χ1n) is 19.4. The third-order valence-corrected chi connectivity index (χ3v) is 12.3. The summed E-state index contributed by atoms with van der Waals surface area (Å²) >= 11 is 0. The standard InChI is InChI=1S/C54H43N/c1-53(2)46-26-15-14-25-44(46)51-48(53)35-49-52(50(51)39-21-12-7-13-22-39)45-34-43(31-32-47(45)54(49,3)4)55(41-29-27-38(28-30-41)36-17-8-5-9-18-36)42-24-16-23-40(33-42)37-19-10-6-11-20-37/h5-35H,1-4H3. The Morgan fingerprint density at radius 1 is 0.291 bits per heavy atom. The predicted molar refractivity (Wildman–Crippen MR) is 233 cm³/mol. The molecule has 0 N–H and O–H groups in total. The largest absolute Gasteiger partial charge is 0.310 e. The van der Waals surface area contributed by atoms with Crippen LogP contribution in [0, 0.1) is 0 Å². The lowest BCUT2D eigenvalue weighted by molar-refractivity contribution is 0.639. The molecular weight excluding hydrogens is 663 g/mol. The average molecular weight is 706 g/mol. The van der Waals surface area contributed by atoms with Crippen molar-refractivity contribution in [3.8, 4) is 55.6 Å². The van der Waals surface area contributed by atoms with Crippen molar-refractivity contribution in [1.29, 1.82) is 0 Å². The Morgan fingerprint density at radius 3 is 1.42 bits per heavy atom. The zero-order valence-corrected chi connectivity index (χ0v) is 31.8. The molecule has 0 radical (unpaired) electrons. The van der Waals surface area contributed by atoms with Crippen LogP contribution in [0.4, 0.5) is 17.1 Å². The molecule has 0 amide bonds. The third-order valence-electron chi connectivity index (χ3n) is 12.3.